The van der Waals surface area contributed by atoms with Crippen LogP contribution >= 0.6 is 0 Å². The van der Waals surface area contributed by atoms with Gasteiger partial charge in [-0.25, -0.2) is 0 Å². The summed E-state index contributed by atoms with van der Waals surface area (Å²) in [7, 11) is 0. The van der Waals surface area contributed by atoms with Crippen molar-refractivity contribution in [3.63, 3.8) is 0 Å². The summed E-state index contributed by atoms with van der Waals surface area (Å²) in [5, 5.41) is 11.6. The van der Waals surface area contributed by atoms with Gasteiger partial charge in [-0.3, -0.25) is 15.0 Å². The van der Waals surface area contributed by atoms with E-state index in [1.807, 2.05) is 0 Å². The molecule has 1 saturated carbocycles. The van der Waals surface area contributed by atoms with Gasteiger partial charge >= 0.3 is 0 Å². The van der Waals surface area contributed by atoms with E-state index in [0.29, 0.717) is 18.0 Å². The topological polar surface area (TPSA) is 56.3 Å². The van der Waals surface area contributed by atoms with Crippen molar-refractivity contribution in [3.8, 4) is 0 Å². The highest BCUT2D eigenvalue weighted by Crippen LogP contribution is 2.34. The number of nitrogens with zero attached hydrogens (tertiary/aromatic N) is 3. The highest BCUT2D eigenvalue weighted by atomic mass is 15.2. The molecule has 4 rings (SSSR count). The van der Waals surface area contributed by atoms with Gasteiger partial charge in [0.05, 0.1) is 17.8 Å². The first-order valence-electron chi connectivity index (χ1n) is 9.64. The van der Waals surface area contributed by atoms with Crippen LogP contribution in [0.15, 0.2) is 4.99 Å². The predicted octanol–water partition coefficient (Wildman–Crippen LogP) is 2.58. The van der Waals surface area contributed by atoms with Crippen molar-refractivity contribution in [2.45, 2.75) is 65.6 Å². The molecule has 0 saturated heterocycles. The summed E-state index contributed by atoms with van der Waals surface area (Å²) in [4.78, 5) is 7.55. The zero-order chi connectivity index (χ0) is 16.8. The van der Waals surface area contributed by atoms with Crippen molar-refractivity contribution < 1.29 is 0 Å². The van der Waals surface area contributed by atoms with E-state index >= 15 is 0 Å². The maximum absolute atomic E-state index is 5.02. The van der Waals surface area contributed by atoms with Gasteiger partial charge in [0, 0.05) is 25.2 Å². The monoisotopic (exact) mass is 329 g/mol. The number of hydrogen-bond donors (Lipinski definition) is 2. The van der Waals surface area contributed by atoms with Crippen LogP contribution in [0, 0.1) is 17.8 Å². The van der Waals surface area contributed by atoms with Gasteiger partial charge in [-0.1, -0.05) is 27.7 Å². The van der Waals surface area contributed by atoms with E-state index in [1.165, 1.54) is 24.1 Å². The molecule has 0 spiro atoms. The number of aromatic nitrogens is 2. The number of H-pyrrole nitrogens is 1. The summed E-state index contributed by atoms with van der Waals surface area (Å²) < 4.78 is 0. The van der Waals surface area contributed by atoms with Crippen LogP contribution in [0.2, 0.25) is 0 Å². The number of aromatic amines is 1. The third kappa shape index (κ3) is 2.87. The van der Waals surface area contributed by atoms with Gasteiger partial charge in [0.2, 0.25) is 0 Å². The Morgan fingerprint density at radius 2 is 2.00 bits per heavy atom. The molecule has 5 nitrogen and oxygen atoms in total. The Balaban J connectivity index is 1.51. The van der Waals surface area contributed by atoms with Crippen molar-refractivity contribution >= 4 is 5.84 Å². The van der Waals surface area contributed by atoms with Crippen LogP contribution in [0.3, 0.4) is 0 Å². The summed E-state index contributed by atoms with van der Waals surface area (Å²) >= 11 is 0. The van der Waals surface area contributed by atoms with E-state index in [2.05, 4.69) is 48.1 Å². The van der Waals surface area contributed by atoms with E-state index in [9.17, 15) is 0 Å². The lowest BCUT2D eigenvalue weighted by Gasteiger charge is -2.33. The molecule has 1 aliphatic carbocycles. The molecule has 3 unspecified atom stereocenters. The van der Waals surface area contributed by atoms with Gasteiger partial charge in [-0.2, -0.15) is 5.10 Å². The van der Waals surface area contributed by atoms with Crippen LogP contribution < -0.4 is 5.32 Å². The number of amidine groups is 1. The molecule has 5 heteroatoms. The van der Waals surface area contributed by atoms with Crippen LogP contribution in [0.4, 0.5) is 0 Å². The third-order valence-electron chi connectivity index (χ3n) is 6.15. The minimum absolute atomic E-state index is 0.444. The Labute approximate surface area is 145 Å². The molecule has 1 aromatic heterocycles. The van der Waals surface area contributed by atoms with Crippen molar-refractivity contribution in [2.24, 2.45) is 22.7 Å². The Hall–Kier alpha value is -1.36. The standard InChI is InChI=1S/C19H31N5/c1-11(2)9-24-6-5-14-17(10-24)22-23-18(14)19-20-15-7-12(3)13(4)8-16(15)21-19/h11-13,15-16H,5-10H2,1-4H3,(H,20,21)(H,22,23)/t12?,13?,15-,16?/m1/s1. The van der Waals surface area contributed by atoms with E-state index < -0.39 is 0 Å². The summed E-state index contributed by atoms with van der Waals surface area (Å²) in [5.41, 5.74) is 3.77. The Kier molecular flexibility index (Phi) is 4.15. The van der Waals surface area contributed by atoms with Gasteiger partial charge in [0.15, 0.2) is 0 Å². The molecule has 4 atom stereocenters. The molecule has 1 aromatic rings. The number of hydrogen-bond acceptors (Lipinski definition) is 4. The third-order valence-corrected chi connectivity index (χ3v) is 6.15. The lowest BCUT2D eigenvalue weighted by atomic mass is 9.77. The van der Waals surface area contributed by atoms with Gasteiger partial charge in [-0.05, 0) is 37.0 Å². The average Bonchev–Trinajstić information content (AvgIpc) is 3.10. The molecule has 24 heavy (non-hydrogen) atoms. The molecule has 132 valence electrons. The Morgan fingerprint density at radius 1 is 1.21 bits per heavy atom. The SMILES string of the molecule is CC(C)CN1CCc2c(C3=N[C@@H]4CC(C)C(C)CC4N3)n[nH]c2C1. The van der Waals surface area contributed by atoms with Gasteiger partial charge in [-0.15, -0.1) is 0 Å². The van der Waals surface area contributed by atoms with Crippen LogP contribution in [0.1, 0.15) is 57.5 Å². The van der Waals surface area contributed by atoms with E-state index in [-0.39, 0.29) is 0 Å². The highest BCUT2D eigenvalue weighted by Gasteiger charge is 2.38. The lowest BCUT2D eigenvalue weighted by Crippen LogP contribution is -2.42. The molecule has 2 aliphatic heterocycles. The fraction of sp³-hybridized carbons (Fsp3) is 0.789. The van der Waals surface area contributed by atoms with Gasteiger partial charge in [0.25, 0.3) is 0 Å². The summed E-state index contributed by atoms with van der Waals surface area (Å²) in [5.74, 6) is 3.31. The Morgan fingerprint density at radius 3 is 2.79 bits per heavy atom. The van der Waals surface area contributed by atoms with Crippen LogP contribution in [0.25, 0.3) is 0 Å². The molecule has 0 bridgehead atoms. The maximum Gasteiger partial charge on any atom is 0.150 e. The fourth-order valence-corrected chi connectivity index (χ4v) is 4.62. The van der Waals surface area contributed by atoms with Crippen LogP contribution in [-0.2, 0) is 13.0 Å². The van der Waals surface area contributed by atoms with Crippen LogP contribution in [-0.4, -0.2) is 46.1 Å². The molecular weight excluding hydrogens is 298 g/mol. The summed E-state index contributed by atoms with van der Waals surface area (Å²) in [6, 6.07) is 0.958. The first-order chi connectivity index (χ1) is 11.5. The molecular formula is C19H31N5. The summed E-state index contributed by atoms with van der Waals surface area (Å²) in [6.45, 7) is 12.6. The molecule has 1 fully saturated rings. The van der Waals surface area contributed by atoms with E-state index in [0.717, 1.165) is 49.4 Å². The normalized spacial score (nSPS) is 33.1. The van der Waals surface area contributed by atoms with E-state index in [4.69, 9.17) is 4.99 Å². The quantitative estimate of drug-likeness (QED) is 0.896. The fourth-order valence-electron chi connectivity index (χ4n) is 4.62. The molecule has 3 heterocycles. The second-order valence-electron chi connectivity index (χ2n) is 8.63. The number of fused-ring (bicyclic) bond motifs is 2. The van der Waals surface area contributed by atoms with Crippen molar-refractivity contribution in [1.29, 1.82) is 0 Å². The zero-order valence-corrected chi connectivity index (χ0v) is 15.5. The molecule has 3 aliphatic rings. The van der Waals surface area contributed by atoms with Crippen LogP contribution in [0.5, 0.6) is 0 Å². The van der Waals surface area contributed by atoms with Gasteiger partial charge < -0.3 is 5.32 Å². The number of aliphatic imine (C=N–C) groups is 1. The number of nitrogens with one attached hydrogen (secondary N) is 2. The van der Waals surface area contributed by atoms with Gasteiger partial charge in [0.1, 0.15) is 11.5 Å². The zero-order valence-electron chi connectivity index (χ0n) is 15.5. The first kappa shape index (κ1) is 16.1. The lowest BCUT2D eigenvalue weighted by molar-refractivity contribution is 0.224. The van der Waals surface area contributed by atoms with Crippen molar-refractivity contribution in [1.82, 2.24) is 20.4 Å². The van der Waals surface area contributed by atoms with E-state index in [1.54, 1.807) is 0 Å². The molecule has 0 radical (unpaired) electrons. The van der Waals surface area contributed by atoms with Crippen molar-refractivity contribution in [2.75, 3.05) is 13.1 Å². The smallest absolute Gasteiger partial charge is 0.150 e. The average molecular weight is 329 g/mol. The Bertz CT molecular complexity index is 632. The second kappa shape index (κ2) is 6.17. The molecule has 0 aromatic carbocycles. The predicted molar refractivity (Wildman–Crippen MR) is 97.2 cm³/mol. The highest BCUT2D eigenvalue weighted by molar-refractivity contribution is 6.00. The largest absolute Gasteiger partial charge is 0.364 e. The molecule has 2 N–H and O–H groups in total. The minimum Gasteiger partial charge on any atom is -0.364 e. The number of rotatable bonds is 3. The van der Waals surface area contributed by atoms with Crippen molar-refractivity contribution in [3.05, 3.63) is 17.0 Å². The molecule has 0 amide bonds. The first-order valence-corrected chi connectivity index (χ1v) is 9.64. The maximum atomic E-state index is 5.02. The summed E-state index contributed by atoms with van der Waals surface area (Å²) in [6.07, 6.45) is 3.52. The minimum atomic E-state index is 0.444. The second-order valence-corrected chi connectivity index (χ2v) is 8.63.